The van der Waals surface area contributed by atoms with Crippen molar-refractivity contribution in [2.75, 3.05) is 0 Å². The molecule has 0 fully saturated rings. The maximum absolute atomic E-state index is 13.2. The molecule has 0 saturated carbocycles. The summed E-state index contributed by atoms with van der Waals surface area (Å²) in [6, 6.07) is 3.98. The van der Waals surface area contributed by atoms with Crippen LogP contribution in [0.4, 0.5) is 10.1 Å². The van der Waals surface area contributed by atoms with Gasteiger partial charge in [0, 0.05) is 23.4 Å². The lowest BCUT2D eigenvalue weighted by Gasteiger charge is -2.08. The van der Waals surface area contributed by atoms with E-state index in [-0.39, 0.29) is 26.2 Å². The van der Waals surface area contributed by atoms with Crippen molar-refractivity contribution in [3.8, 4) is 11.1 Å². The minimum atomic E-state index is -1.18. The molecule has 1 heterocycles. The summed E-state index contributed by atoms with van der Waals surface area (Å²) in [6.45, 7) is 0. The first-order chi connectivity index (χ1) is 8.91. The zero-order valence-corrected chi connectivity index (χ0v) is 11.3. The third-order valence-electron chi connectivity index (χ3n) is 2.35. The van der Waals surface area contributed by atoms with Crippen LogP contribution in [-0.2, 0) is 0 Å². The lowest BCUT2D eigenvalue weighted by Crippen LogP contribution is -1.96. The van der Waals surface area contributed by atoms with Crippen LogP contribution in [0.25, 0.3) is 11.1 Å². The first-order valence-electron chi connectivity index (χ1n) is 4.85. The molecule has 0 atom stereocenters. The van der Waals surface area contributed by atoms with Gasteiger partial charge in [-0.1, -0.05) is 34.8 Å². The molecule has 0 saturated heterocycles. The summed E-state index contributed by atoms with van der Waals surface area (Å²) in [5.74, 6) is -1.18. The van der Waals surface area contributed by atoms with Gasteiger partial charge in [0.15, 0.2) is 0 Å². The number of hydrogen-bond acceptors (Lipinski definition) is 3. The third-order valence-corrected chi connectivity index (χ3v) is 3.47. The third kappa shape index (κ3) is 2.63. The van der Waals surface area contributed by atoms with Crippen molar-refractivity contribution < 1.29 is 9.31 Å². The maximum Gasteiger partial charge on any atom is 0.324 e. The molecule has 0 N–H and O–H groups in total. The van der Waals surface area contributed by atoms with Crippen LogP contribution in [0.2, 0.25) is 15.1 Å². The molecule has 8 heteroatoms. The van der Waals surface area contributed by atoms with Crippen LogP contribution < -0.4 is 0 Å². The van der Waals surface area contributed by atoms with Gasteiger partial charge < -0.3 is 0 Å². The van der Waals surface area contributed by atoms with E-state index in [9.17, 15) is 14.5 Å². The van der Waals surface area contributed by atoms with Crippen LogP contribution in [0.3, 0.4) is 0 Å². The standard InChI is InChI=1S/C11H4Cl3FN2O2/c12-6-1-2-7(13)10(14)9(6)5-3-8(17(18)19)11(15)16-4-5/h1-4H. The zero-order chi connectivity index (χ0) is 14.2. The molecular formula is C11H4Cl3FN2O2. The van der Waals surface area contributed by atoms with Crippen molar-refractivity contribution in [3.63, 3.8) is 0 Å². The summed E-state index contributed by atoms with van der Waals surface area (Å²) in [5, 5.41) is 11.3. The number of nitro groups is 1. The lowest BCUT2D eigenvalue weighted by atomic mass is 10.1. The highest BCUT2D eigenvalue weighted by molar-refractivity contribution is 6.46. The zero-order valence-electron chi connectivity index (χ0n) is 9.03. The van der Waals surface area contributed by atoms with Crippen LogP contribution in [0.1, 0.15) is 0 Å². The Labute approximate surface area is 121 Å². The fourth-order valence-corrected chi connectivity index (χ4v) is 2.24. The van der Waals surface area contributed by atoms with Gasteiger partial charge >= 0.3 is 5.69 Å². The van der Waals surface area contributed by atoms with Crippen LogP contribution in [0.15, 0.2) is 24.4 Å². The van der Waals surface area contributed by atoms with Gasteiger partial charge in [0.25, 0.3) is 5.95 Å². The fourth-order valence-electron chi connectivity index (χ4n) is 1.49. The van der Waals surface area contributed by atoms with Crippen LogP contribution >= 0.6 is 34.8 Å². The maximum atomic E-state index is 13.2. The van der Waals surface area contributed by atoms with E-state index in [1.807, 2.05) is 0 Å². The summed E-state index contributed by atoms with van der Waals surface area (Å²) in [5.41, 5.74) is -0.276. The van der Waals surface area contributed by atoms with E-state index in [1.54, 1.807) is 0 Å². The van der Waals surface area contributed by atoms with E-state index >= 15 is 0 Å². The summed E-state index contributed by atoms with van der Waals surface area (Å²) >= 11 is 17.8. The number of hydrogen-bond donors (Lipinski definition) is 0. The molecule has 2 rings (SSSR count). The molecule has 4 nitrogen and oxygen atoms in total. The smallest absolute Gasteiger partial charge is 0.258 e. The number of aromatic nitrogens is 1. The molecule has 1 aromatic heterocycles. The summed E-state index contributed by atoms with van der Waals surface area (Å²) in [4.78, 5) is 13.1. The van der Waals surface area contributed by atoms with Crippen LogP contribution in [0, 0.1) is 16.1 Å². The van der Waals surface area contributed by atoms with E-state index in [1.165, 1.54) is 12.1 Å². The van der Waals surface area contributed by atoms with E-state index < -0.39 is 16.6 Å². The highest BCUT2D eigenvalue weighted by Crippen LogP contribution is 2.39. The number of halogens is 4. The number of pyridine rings is 1. The average Bonchev–Trinajstić information content (AvgIpc) is 2.36. The van der Waals surface area contributed by atoms with E-state index in [0.29, 0.717) is 0 Å². The Hall–Kier alpha value is -1.43. The highest BCUT2D eigenvalue weighted by Gasteiger charge is 2.19. The molecule has 0 bridgehead atoms. The quantitative estimate of drug-likeness (QED) is 0.347. The van der Waals surface area contributed by atoms with Crippen molar-refractivity contribution in [1.29, 1.82) is 0 Å². The monoisotopic (exact) mass is 320 g/mol. The Morgan fingerprint density at radius 2 is 1.84 bits per heavy atom. The second-order valence-corrected chi connectivity index (χ2v) is 4.70. The molecule has 0 unspecified atom stereocenters. The normalized spacial score (nSPS) is 10.5. The largest absolute Gasteiger partial charge is 0.324 e. The molecule has 0 amide bonds. The Morgan fingerprint density at radius 3 is 2.47 bits per heavy atom. The Bertz CT molecular complexity index is 679. The Kier molecular flexibility index (Phi) is 3.89. The van der Waals surface area contributed by atoms with Gasteiger partial charge in [0.2, 0.25) is 0 Å². The van der Waals surface area contributed by atoms with Gasteiger partial charge in [-0.3, -0.25) is 10.1 Å². The molecule has 19 heavy (non-hydrogen) atoms. The van der Waals surface area contributed by atoms with Crippen LogP contribution in [-0.4, -0.2) is 9.91 Å². The summed E-state index contributed by atoms with van der Waals surface area (Å²) < 4.78 is 13.2. The Morgan fingerprint density at radius 1 is 1.21 bits per heavy atom. The van der Waals surface area contributed by atoms with E-state index in [4.69, 9.17) is 34.8 Å². The molecule has 1 aromatic carbocycles. The molecular weight excluding hydrogens is 317 g/mol. The second-order valence-electron chi connectivity index (χ2n) is 3.51. The number of rotatable bonds is 2. The fraction of sp³-hybridized carbons (Fsp3) is 0. The molecule has 0 aliphatic heterocycles. The first kappa shape index (κ1) is 14.0. The molecule has 0 spiro atoms. The Balaban J connectivity index is 2.70. The SMILES string of the molecule is O=[N+]([O-])c1cc(-c2c(Cl)ccc(Cl)c2Cl)cnc1F. The summed E-state index contributed by atoms with van der Waals surface area (Å²) in [7, 11) is 0. The predicted octanol–water partition coefficient (Wildman–Crippen LogP) is 4.76. The van der Waals surface area contributed by atoms with Gasteiger partial charge in [0.1, 0.15) is 0 Å². The molecule has 0 aliphatic rings. The van der Waals surface area contributed by atoms with Crippen molar-refractivity contribution >= 4 is 40.5 Å². The van der Waals surface area contributed by atoms with E-state index in [2.05, 4.69) is 4.98 Å². The van der Waals surface area contributed by atoms with Crippen molar-refractivity contribution in [1.82, 2.24) is 4.98 Å². The topological polar surface area (TPSA) is 56.0 Å². The van der Waals surface area contributed by atoms with Crippen molar-refractivity contribution in [3.05, 3.63) is 55.5 Å². The van der Waals surface area contributed by atoms with Crippen LogP contribution in [0.5, 0.6) is 0 Å². The van der Waals surface area contributed by atoms with Gasteiger partial charge in [-0.15, -0.1) is 0 Å². The van der Waals surface area contributed by atoms with Gasteiger partial charge in [-0.25, -0.2) is 4.98 Å². The molecule has 2 aromatic rings. The molecule has 0 aliphatic carbocycles. The van der Waals surface area contributed by atoms with Gasteiger partial charge in [-0.2, -0.15) is 4.39 Å². The summed E-state index contributed by atoms with van der Waals surface area (Å²) in [6.07, 6.45) is 1.10. The average molecular weight is 322 g/mol. The second kappa shape index (κ2) is 5.28. The highest BCUT2D eigenvalue weighted by atomic mass is 35.5. The van der Waals surface area contributed by atoms with Gasteiger partial charge in [0.05, 0.1) is 20.0 Å². The van der Waals surface area contributed by atoms with Crippen molar-refractivity contribution in [2.24, 2.45) is 0 Å². The minimum absolute atomic E-state index is 0.122. The predicted molar refractivity (Wildman–Crippen MR) is 71.3 cm³/mol. The minimum Gasteiger partial charge on any atom is -0.258 e. The molecule has 0 radical (unpaired) electrons. The number of benzene rings is 1. The van der Waals surface area contributed by atoms with Crippen molar-refractivity contribution in [2.45, 2.75) is 0 Å². The first-order valence-corrected chi connectivity index (χ1v) is 5.99. The van der Waals surface area contributed by atoms with Gasteiger partial charge in [-0.05, 0) is 12.1 Å². The lowest BCUT2D eigenvalue weighted by molar-refractivity contribution is -0.388. The van der Waals surface area contributed by atoms with E-state index in [0.717, 1.165) is 12.3 Å². The molecule has 98 valence electrons. The number of nitrogens with zero attached hydrogens (tertiary/aromatic N) is 2.